The summed E-state index contributed by atoms with van der Waals surface area (Å²) >= 11 is 12.1. The van der Waals surface area contributed by atoms with E-state index in [0.29, 0.717) is 5.69 Å². The molecule has 1 aromatic heterocycles. The number of nitrogens with one attached hydrogen (secondary N) is 1. The average molecular weight is 400 g/mol. The Kier molecular flexibility index (Phi) is 5.08. The summed E-state index contributed by atoms with van der Waals surface area (Å²) < 4.78 is 27.7. The molecule has 1 heterocycles. The zero-order valence-electron chi connectivity index (χ0n) is 14.4. The van der Waals surface area contributed by atoms with Gasteiger partial charge in [0.15, 0.2) is 0 Å². The number of allylic oxidation sites excluding steroid dienone is 1. The Morgan fingerprint density at radius 3 is 2.58 bits per heavy atom. The van der Waals surface area contributed by atoms with Crippen LogP contribution in [0.4, 0.5) is 14.5 Å². The van der Waals surface area contributed by atoms with Crippen molar-refractivity contribution in [2.75, 3.05) is 5.32 Å². The maximum Gasteiger partial charge on any atom is 0.282 e. The summed E-state index contributed by atoms with van der Waals surface area (Å²) in [6, 6.07) is 5.49. The summed E-state index contributed by atoms with van der Waals surface area (Å²) in [5.74, 6) is -0.710. The number of carbonyl (C=O) groups excluding carboxylic acids is 1. The SMILES string of the molecule is CC1C(=C(Cl)Cl)C(C)c2c(NC(=O)c3cn(C)nc3C(F)F)cccc21. The summed E-state index contributed by atoms with van der Waals surface area (Å²) in [5, 5.41) is 6.41. The molecule has 1 aromatic carbocycles. The number of aryl methyl sites for hydroxylation is 1. The van der Waals surface area contributed by atoms with Crippen molar-refractivity contribution in [3.05, 3.63) is 56.8 Å². The number of halogens is 4. The number of rotatable bonds is 3. The van der Waals surface area contributed by atoms with Crippen LogP contribution < -0.4 is 5.32 Å². The molecular weight excluding hydrogens is 383 g/mol. The van der Waals surface area contributed by atoms with Gasteiger partial charge in [-0.1, -0.05) is 49.2 Å². The minimum absolute atomic E-state index is 0.0110. The van der Waals surface area contributed by atoms with Crippen molar-refractivity contribution in [1.82, 2.24) is 9.78 Å². The molecule has 0 saturated carbocycles. The summed E-state index contributed by atoms with van der Waals surface area (Å²) in [7, 11) is 1.49. The molecule has 26 heavy (non-hydrogen) atoms. The van der Waals surface area contributed by atoms with Crippen LogP contribution >= 0.6 is 23.2 Å². The molecule has 8 heteroatoms. The zero-order valence-corrected chi connectivity index (χ0v) is 15.9. The van der Waals surface area contributed by atoms with E-state index in [9.17, 15) is 13.6 Å². The first-order chi connectivity index (χ1) is 12.2. The fraction of sp³-hybridized carbons (Fsp3) is 0.333. The van der Waals surface area contributed by atoms with E-state index in [1.165, 1.54) is 17.9 Å². The highest BCUT2D eigenvalue weighted by Gasteiger charge is 2.34. The van der Waals surface area contributed by atoms with Gasteiger partial charge in [0.1, 0.15) is 10.2 Å². The first-order valence-corrected chi connectivity index (χ1v) is 8.78. The van der Waals surface area contributed by atoms with E-state index >= 15 is 0 Å². The summed E-state index contributed by atoms with van der Waals surface area (Å²) in [5.41, 5.74) is 2.64. The van der Waals surface area contributed by atoms with E-state index in [1.807, 2.05) is 19.9 Å². The maximum absolute atomic E-state index is 13.1. The van der Waals surface area contributed by atoms with E-state index < -0.39 is 18.0 Å². The average Bonchev–Trinajstić information content (AvgIpc) is 3.07. The first-order valence-electron chi connectivity index (χ1n) is 8.03. The Hall–Kier alpha value is -1.92. The highest BCUT2D eigenvalue weighted by molar-refractivity contribution is 6.56. The highest BCUT2D eigenvalue weighted by Crippen LogP contribution is 2.51. The third kappa shape index (κ3) is 3.12. The largest absolute Gasteiger partial charge is 0.322 e. The molecular formula is C18H17Cl2F2N3O. The van der Waals surface area contributed by atoms with Crippen LogP contribution in [-0.4, -0.2) is 15.7 Å². The second-order valence-corrected chi connectivity index (χ2v) is 7.27. The van der Waals surface area contributed by atoms with Crippen LogP contribution in [0.3, 0.4) is 0 Å². The molecule has 4 nitrogen and oxygen atoms in total. The van der Waals surface area contributed by atoms with E-state index in [2.05, 4.69) is 10.4 Å². The number of alkyl halides is 2. The molecule has 3 rings (SSSR count). The number of benzene rings is 1. The number of amides is 1. The predicted octanol–water partition coefficient (Wildman–Crippen LogP) is 5.52. The minimum Gasteiger partial charge on any atom is -0.322 e. The first kappa shape index (κ1) is 18.9. The summed E-state index contributed by atoms with van der Waals surface area (Å²) in [6.45, 7) is 3.94. The van der Waals surface area contributed by atoms with Crippen LogP contribution in [0, 0.1) is 0 Å². The molecule has 0 spiro atoms. The quantitative estimate of drug-likeness (QED) is 0.738. The van der Waals surface area contributed by atoms with Crippen LogP contribution in [0.2, 0.25) is 0 Å². The van der Waals surface area contributed by atoms with Gasteiger partial charge in [0.25, 0.3) is 12.3 Å². The second kappa shape index (κ2) is 7.00. The van der Waals surface area contributed by atoms with Crippen molar-refractivity contribution >= 4 is 34.8 Å². The summed E-state index contributed by atoms with van der Waals surface area (Å²) in [6.07, 6.45) is -1.55. The third-order valence-electron chi connectivity index (χ3n) is 4.75. The molecule has 1 aliphatic rings. The van der Waals surface area contributed by atoms with E-state index in [1.54, 1.807) is 12.1 Å². The van der Waals surface area contributed by atoms with Crippen molar-refractivity contribution in [3.63, 3.8) is 0 Å². The van der Waals surface area contributed by atoms with Crippen LogP contribution in [0.25, 0.3) is 0 Å². The lowest BCUT2D eigenvalue weighted by Crippen LogP contribution is -2.15. The Morgan fingerprint density at radius 2 is 1.96 bits per heavy atom. The third-order valence-corrected chi connectivity index (χ3v) is 5.18. The molecule has 1 aliphatic carbocycles. The molecule has 138 valence electrons. The van der Waals surface area contributed by atoms with Gasteiger partial charge in [-0.25, -0.2) is 8.78 Å². The number of nitrogens with zero attached hydrogens (tertiary/aromatic N) is 2. The molecule has 0 fully saturated rings. The fourth-order valence-electron chi connectivity index (χ4n) is 3.61. The van der Waals surface area contributed by atoms with Crippen molar-refractivity contribution in [1.29, 1.82) is 0 Å². The molecule has 2 atom stereocenters. The standard InChI is InChI=1S/C18H17Cl2F2N3O/c1-8-10-5-4-6-12(14(10)9(2)13(8)16(19)20)23-18(26)11-7-25(3)24-15(11)17(21)22/h4-9,17H,1-3H3,(H,23,26). The lowest BCUT2D eigenvalue weighted by molar-refractivity contribution is 0.101. The molecule has 1 amide bonds. The molecule has 0 radical (unpaired) electrons. The highest BCUT2D eigenvalue weighted by atomic mass is 35.5. The minimum atomic E-state index is -2.83. The number of hydrogen-bond acceptors (Lipinski definition) is 2. The van der Waals surface area contributed by atoms with Crippen LogP contribution in [0.5, 0.6) is 0 Å². The number of aromatic nitrogens is 2. The molecule has 0 bridgehead atoms. The van der Waals surface area contributed by atoms with Gasteiger partial charge in [0.2, 0.25) is 0 Å². The summed E-state index contributed by atoms with van der Waals surface area (Å²) in [4.78, 5) is 12.6. The van der Waals surface area contributed by atoms with Gasteiger partial charge in [0, 0.05) is 30.8 Å². The van der Waals surface area contributed by atoms with Crippen molar-refractivity contribution in [2.45, 2.75) is 32.1 Å². The van der Waals surface area contributed by atoms with Gasteiger partial charge in [-0.3, -0.25) is 9.48 Å². The zero-order chi connectivity index (χ0) is 19.2. The lowest BCUT2D eigenvalue weighted by atomic mass is 9.98. The van der Waals surface area contributed by atoms with Crippen molar-refractivity contribution < 1.29 is 13.6 Å². The van der Waals surface area contributed by atoms with Crippen molar-refractivity contribution in [2.24, 2.45) is 7.05 Å². The second-order valence-electron chi connectivity index (χ2n) is 6.32. The number of hydrogen-bond donors (Lipinski definition) is 1. The Bertz CT molecular complexity index is 904. The molecule has 2 unspecified atom stereocenters. The van der Waals surface area contributed by atoms with Gasteiger partial charge in [-0.05, 0) is 22.8 Å². The topological polar surface area (TPSA) is 46.9 Å². The molecule has 2 aromatic rings. The van der Waals surface area contributed by atoms with Crippen LogP contribution in [-0.2, 0) is 7.05 Å². The monoisotopic (exact) mass is 399 g/mol. The normalized spacial score (nSPS) is 19.0. The van der Waals surface area contributed by atoms with Crippen LogP contribution in [0.15, 0.2) is 34.5 Å². The van der Waals surface area contributed by atoms with Crippen LogP contribution in [0.1, 0.15) is 59.3 Å². The fourth-order valence-corrected chi connectivity index (χ4v) is 4.26. The van der Waals surface area contributed by atoms with E-state index in [0.717, 1.165) is 16.7 Å². The molecule has 0 saturated heterocycles. The Balaban J connectivity index is 2.00. The molecule has 1 N–H and O–H groups in total. The van der Waals surface area contributed by atoms with Gasteiger partial charge >= 0.3 is 0 Å². The van der Waals surface area contributed by atoms with E-state index in [-0.39, 0.29) is 21.9 Å². The Labute approximate surface area is 159 Å². The number of fused-ring (bicyclic) bond motifs is 1. The number of anilines is 1. The maximum atomic E-state index is 13.1. The van der Waals surface area contributed by atoms with Gasteiger partial charge in [-0.2, -0.15) is 5.10 Å². The predicted molar refractivity (Wildman–Crippen MR) is 98.1 cm³/mol. The van der Waals surface area contributed by atoms with Gasteiger partial charge < -0.3 is 5.32 Å². The smallest absolute Gasteiger partial charge is 0.282 e. The van der Waals surface area contributed by atoms with Crippen molar-refractivity contribution in [3.8, 4) is 0 Å². The van der Waals surface area contributed by atoms with E-state index in [4.69, 9.17) is 23.2 Å². The van der Waals surface area contributed by atoms with Gasteiger partial charge in [0.05, 0.1) is 5.56 Å². The number of carbonyl (C=O) groups is 1. The van der Waals surface area contributed by atoms with Gasteiger partial charge in [-0.15, -0.1) is 0 Å². The lowest BCUT2D eigenvalue weighted by Gasteiger charge is -2.14. The Morgan fingerprint density at radius 1 is 1.27 bits per heavy atom. The molecule has 0 aliphatic heterocycles.